The van der Waals surface area contributed by atoms with Gasteiger partial charge in [0.15, 0.2) is 22.5 Å². The second kappa shape index (κ2) is 6.69. The topological polar surface area (TPSA) is 133 Å². The summed E-state index contributed by atoms with van der Waals surface area (Å²) in [6.45, 7) is 2.62. The van der Waals surface area contributed by atoms with E-state index in [2.05, 4.69) is 15.3 Å². The Hall–Kier alpha value is -1.64. The highest BCUT2D eigenvalue weighted by Gasteiger charge is 2.18. The molecular weight excluding hydrogens is 282 g/mol. The first kappa shape index (κ1) is 16.4. The molecule has 0 aliphatic rings. The van der Waals surface area contributed by atoms with Crippen LogP contribution in [0.5, 0.6) is 0 Å². The molecular formula is C11H21ClN7O+. The third kappa shape index (κ3) is 4.48. The summed E-state index contributed by atoms with van der Waals surface area (Å²) >= 11 is 5.73. The fourth-order valence-electron chi connectivity index (χ4n) is 1.63. The van der Waals surface area contributed by atoms with Crippen molar-refractivity contribution in [3.05, 3.63) is 10.8 Å². The summed E-state index contributed by atoms with van der Waals surface area (Å²) < 4.78 is 0.709. The molecule has 0 unspecified atom stereocenters. The molecule has 0 bridgehead atoms. The highest BCUT2D eigenvalue weighted by Crippen LogP contribution is 2.17. The van der Waals surface area contributed by atoms with Gasteiger partial charge in [0, 0.05) is 6.54 Å². The molecule has 112 valence electrons. The van der Waals surface area contributed by atoms with E-state index in [9.17, 15) is 4.79 Å². The summed E-state index contributed by atoms with van der Waals surface area (Å²) in [5.41, 5.74) is 16.6. The van der Waals surface area contributed by atoms with Gasteiger partial charge in [0.2, 0.25) is 0 Å². The second-order valence-electron chi connectivity index (χ2n) is 5.06. The van der Waals surface area contributed by atoms with Gasteiger partial charge in [-0.1, -0.05) is 11.6 Å². The van der Waals surface area contributed by atoms with Crippen LogP contribution in [0.1, 0.15) is 10.5 Å². The number of quaternary nitrogens is 1. The van der Waals surface area contributed by atoms with E-state index in [4.69, 9.17) is 28.8 Å². The summed E-state index contributed by atoms with van der Waals surface area (Å²) in [7, 11) is 4.07. The summed E-state index contributed by atoms with van der Waals surface area (Å²) in [6, 6.07) is 0. The van der Waals surface area contributed by atoms with Crippen LogP contribution in [0.4, 0.5) is 11.6 Å². The fourth-order valence-corrected chi connectivity index (χ4v) is 1.75. The Kier molecular flexibility index (Phi) is 5.49. The van der Waals surface area contributed by atoms with Gasteiger partial charge in [-0.25, -0.2) is 9.97 Å². The minimum absolute atomic E-state index is 0.00135. The number of amides is 1. The number of nitrogen functional groups attached to an aromatic ring is 2. The average molecular weight is 303 g/mol. The van der Waals surface area contributed by atoms with Crippen LogP contribution in [-0.4, -0.2) is 60.6 Å². The molecule has 0 saturated heterocycles. The molecule has 0 atom stereocenters. The summed E-state index contributed by atoms with van der Waals surface area (Å²) in [5.74, 6) is -0.466. The molecule has 0 spiro atoms. The van der Waals surface area contributed by atoms with Crippen LogP contribution >= 0.6 is 11.6 Å². The molecule has 0 aliphatic carbocycles. The number of nitrogens with zero attached hydrogens (tertiary/aromatic N) is 3. The molecule has 1 rings (SSSR count). The van der Waals surface area contributed by atoms with E-state index < -0.39 is 5.91 Å². The number of hydrogen-bond donors (Lipinski definition) is 4. The number of carbonyl (C=O) groups excluding carboxylic acids is 1. The van der Waals surface area contributed by atoms with Crippen molar-refractivity contribution in [3.63, 3.8) is 0 Å². The van der Waals surface area contributed by atoms with Crippen molar-refractivity contribution in [1.29, 1.82) is 0 Å². The van der Waals surface area contributed by atoms with Gasteiger partial charge in [0.1, 0.15) is 0 Å². The van der Waals surface area contributed by atoms with E-state index >= 15 is 0 Å². The van der Waals surface area contributed by atoms with E-state index in [1.807, 2.05) is 14.1 Å². The number of likely N-dealkylation sites (N-methyl/N-ethyl adjacent to an activating group) is 1. The second-order valence-corrected chi connectivity index (χ2v) is 5.42. The lowest BCUT2D eigenvalue weighted by molar-refractivity contribution is -0.887. The first-order chi connectivity index (χ1) is 9.26. The minimum atomic E-state index is -0.426. The molecule has 1 heterocycles. The van der Waals surface area contributed by atoms with Gasteiger partial charge in [-0.15, -0.1) is 0 Å². The molecule has 0 saturated carbocycles. The number of nitrogens with one attached hydrogen (secondary N) is 1. The van der Waals surface area contributed by atoms with Crippen LogP contribution in [0, 0.1) is 0 Å². The first-order valence-corrected chi connectivity index (χ1v) is 6.53. The van der Waals surface area contributed by atoms with Crippen LogP contribution in [0.2, 0.25) is 5.15 Å². The first-order valence-electron chi connectivity index (χ1n) is 6.15. The molecule has 1 amide bonds. The number of hydrogen-bond acceptors (Lipinski definition) is 6. The Morgan fingerprint density at radius 1 is 1.25 bits per heavy atom. The standard InChI is InChI=1S/C11H20ClN7O/c1-19(2,5-3-13)6-4-16-11(20)7-9(14)18-10(15)8(12)17-7/h3-6,13H2,1-2H3,(H4-,14,15,16,18,20)/p+1. The summed E-state index contributed by atoms with van der Waals surface area (Å²) in [4.78, 5) is 19.5. The molecule has 20 heavy (non-hydrogen) atoms. The summed E-state index contributed by atoms with van der Waals surface area (Å²) in [6.07, 6.45) is 0. The fraction of sp³-hybridized carbons (Fsp3) is 0.545. The zero-order chi connectivity index (χ0) is 15.3. The lowest BCUT2D eigenvalue weighted by Crippen LogP contribution is -2.48. The van der Waals surface area contributed by atoms with E-state index in [0.29, 0.717) is 17.6 Å². The predicted molar refractivity (Wildman–Crippen MR) is 79.1 cm³/mol. The minimum Gasteiger partial charge on any atom is -0.382 e. The van der Waals surface area contributed by atoms with E-state index in [1.54, 1.807) is 0 Å². The molecule has 0 aromatic carbocycles. The molecule has 0 fully saturated rings. The van der Waals surface area contributed by atoms with Gasteiger partial charge in [0.25, 0.3) is 5.91 Å². The smallest absolute Gasteiger partial charge is 0.273 e. The number of nitrogens with two attached hydrogens (primary N) is 3. The van der Waals surface area contributed by atoms with Crippen molar-refractivity contribution in [3.8, 4) is 0 Å². The SMILES string of the molecule is C[N+](C)(CCN)CCNC(=O)c1nc(Cl)c(N)nc1N. The van der Waals surface area contributed by atoms with Gasteiger partial charge < -0.3 is 27.0 Å². The number of anilines is 2. The normalized spacial score (nSPS) is 11.4. The molecule has 0 aliphatic heterocycles. The number of rotatable bonds is 6. The largest absolute Gasteiger partial charge is 0.382 e. The molecule has 0 radical (unpaired) electrons. The average Bonchev–Trinajstić information content (AvgIpc) is 2.33. The highest BCUT2D eigenvalue weighted by molar-refractivity contribution is 6.31. The number of carbonyl (C=O) groups is 1. The quantitative estimate of drug-likeness (QED) is 0.501. The monoisotopic (exact) mass is 302 g/mol. The van der Waals surface area contributed by atoms with Crippen molar-refractivity contribution in [1.82, 2.24) is 15.3 Å². The molecule has 1 aromatic heterocycles. The van der Waals surface area contributed by atoms with Gasteiger partial charge in [0.05, 0.1) is 33.7 Å². The van der Waals surface area contributed by atoms with Crippen molar-refractivity contribution in [2.24, 2.45) is 5.73 Å². The maximum atomic E-state index is 11.9. The Morgan fingerprint density at radius 2 is 1.90 bits per heavy atom. The molecule has 9 heteroatoms. The van der Waals surface area contributed by atoms with Crippen molar-refractivity contribution in [2.45, 2.75) is 0 Å². The maximum absolute atomic E-state index is 11.9. The number of aromatic nitrogens is 2. The van der Waals surface area contributed by atoms with Gasteiger partial charge in [-0.3, -0.25) is 4.79 Å². The van der Waals surface area contributed by atoms with Crippen LogP contribution in [-0.2, 0) is 0 Å². The predicted octanol–water partition coefficient (Wildman–Crippen LogP) is -0.941. The maximum Gasteiger partial charge on any atom is 0.273 e. The third-order valence-electron chi connectivity index (χ3n) is 2.86. The van der Waals surface area contributed by atoms with E-state index in [1.165, 1.54) is 0 Å². The lowest BCUT2D eigenvalue weighted by atomic mass is 10.3. The van der Waals surface area contributed by atoms with Crippen LogP contribution < -0.4 is 22.5 Å². The van der Waals surface area contributed by atoms with E-state index in [0.717, 1.165) is 13.1 Å². The van der Waals surface area contributed by atoms with Crippen LogP contribution in [0.15, 0.2) is 0 Å². The molecule has 7 N–H and O–H groups in total. The molecule has 1 aromatic rings. The van der Waals surface area contributed by atoms with Crippen molar-refractivity contribution < 1.29 is 9.28 Å². The molecule has 8 nitrogen and oxygen atoms in total. The Labute approximate surface area is 122 Å². The Balaban J connectivity index is 2.62. The zero-order valence-corrected chi connectivity index (χ0v) is 12.4. The zero-order valence-electron chi connectivity index (χ0n) is 11.7. The van der Waals surface area contributed by atoms with Crippen LogP contribution in [0.3, 0.4) is 0 Å². The lowest BCUT2D eigenvalue weighted by Gasteiger charge is -2.29. The number of halogens is 1. The van der Waals surface area contributed by atoms with Crippen molar-refractivity contribution in [2.75, 3.05) is 51.7 Å². The van der Waals surface area contributed by atoms with E-state index in [-0.39, 0.29) is 22.5 Å². The third-order valence-corrected chi connectivity index (χ3v) is 3.14. The Bertz CT molecular complexity index is 492. The Morgan fingerprint density at radius 3 is 2.50 bits per heavy atom. The highest BCUT2D eigenvalue weighted by atomic mass is 35.5. The van der Waals surface area contributed by atoms with Gasteiger partial charge in [-0.05, 0) is 0 Å². The van der Waals surface area contributed by atoms with Gasteiger partial charge in [-0.2, -0.15) is 0 Å². The van der Waals surface area contributed by atoms with Crippen LogP contribution in [0.25, 0.3) is 0 Å². The van der Waals surface area contributed by atoms with Gasteiger partial charge >= 0.3 is 0 Å². The summed E-state index contributed by atoms with van der Waals surface area (Å²) in [5, 5.41) is 2.69. The van der Waals surface area contributed by atoms with Crippen molar-refractivity contribution >= 4 is 29.1 Å².